The minimum Gasteiger partial charge on any atom is -0.332 e. The molecule has 142 valence electrons. The second-order valence-electron chi connectivity index (χ2n) is 5.22. The highest BCUT2D eigenvalue weighted by atomic mass is 19.1. The average Bonchev–Trinajstić information content (AvgIpc) is 2.68. The predicted octanol–water partition coefficient (Wildman–Crippen LogP) is 2.56. The number of nitrogens with one attached hydrogen (secondary N) is 3. The van der Waals surface area contributed by atoms with Crippen LogP contribution in [0.15, 0.2) is 48.9 Å². The maximum absolute atomic E-state index is 13.8. The third kappa shape index (κ3) is 4.12. The molecule has 0 atom stereocenters. The second-order valence-corrected chi connectivity index (χ2v) is 5.22. The molecule has 1 aromatic carbocycles. The van der Waals surface area contributed by atoms with Crippen LogP contribution in [0.3, 0.4) is 0 Å². The van der Waals surface area contributed by atoms with Crippen LogP contribution >= 0.6 is 0 Å². The molecule has 3 rings (SSSR count). The van der Waals surface area contributed by atoms with Crippen LogP contribution in [0, 0.1) is 21.7 Å². The molecule has 2 heterocycles. The van der Waals surface area contributed by atoms with Crippen LogP contribution < -0.4 is 16.2 Å². The molecule has 10 nitrogen and oxygen atoms in total. The van der Waals surface area contributed by atoms with Gasteiger partial charge in [0.2, 0.25) is 11.6 Å². The van der Waals surface area contributed by atoms with Crippen molar-refractivity contribution in [1.29, 1.82) is 0 Å². The number of carbonyl (C=O) groups is 1. The summed E-state index contributed by atoms with van der Waals surface area (Å²) in [6.45, 7) is 0. The van der Waals surface area contributed by atoms with E-state index in [1.165, 1.54) is 12.3 Å². The summed E-state index contributed by atoms with van der Waals surface area (Å²) >= 11 is 0. The van der Waals surface area contributed by atoms with Gasteiger partial charge in [-0.05, 0) is 24.3 Å². The van der Waals surface area contributed by atoms with Gasteiger partial charge in [-0.25, -0.2) is 18.7 Å². The van der Waals surface area contributed by atoms with Crippen LogP contribution in [0.4, 0.5) is 31.8 Å². The highest BCUT2D eigenvalue weighted by Gasteiger charge is 2.24. The van der Waals surface area contributed by atoms with Crippen molar-refractivity contribution < 1.29 is 18.5 Å². The van der Waals surface area contributed by atoms with E-state index < -0.39 is 28.2 Å². The quantitative estimate of drug-likeness (QED) is 0.434. The van der Waals surface area contributed by atoms with Gasteiger partial charge in [0, 0.05) is 12.3 Å². The third-order valence-corrected chi connectivity index (χ3v) is 3.38. The van der Waals surface area contributed by atoms with Gasteiger partial charge in [-0.3, -0.25) is 30.7 Å². The number of hydrogen-bond acceptors (Lipinski definition) is 8. The number of pyridine rings is 1. The lowest BCUT2D eigenvalue weighted by Gasteiger charge is -2.11. The van der Waals surface area contributed by atoms with Gasteiger partial charge in [-0.2, -0.15) is 0 Å². The van der Waals surface area contributed by atoms with Crippen molar-refractivity contribution >= 4 is 28.9 Å². The molecule has 2 aromatic heterocycles. The molecule has 12 heteroatoms. The Hall–Kier alpha value is -4.22. The summed E-state index contributed by atoms with van der Waals surface area (Å²) in [6, 6.07) is 7.30. The third-order valence-electron chi connectivity index (χ3n) is 3.38. The average molecular weight is 387 g/mol. The Morgan fingerprint density at radius 2 is 1.86 bits per heavy atom. The Bertz CT molecular complexity index is 1030. The summed E-state index contributed by atoms with van der Waals surface area (Å²) in [7, 11) is 0. The summed E-state index contributed by atoms with van der Waals surface area (Å²) in [5, 5.41) is 13.9. The number of hydrazine groups is 1. The molecule has 0 bridgehead atoms. The van der Waals surface area contributed by atoms with Crippen LogP contribution in [0.1, 0.15) is 10.5 Å². The molecule has 0 aliphatic heterocycles. The number of aromatic nitrogens is 3. The Labute approximate surface area is 155 Å². The zero-order valence-corrected chi connectivity index (χ0v) is 13.9. The molecule has 0 unspecified atom stereocenters. The first-order chi connectivity index (χ1) is 13.5. The number of rotatable bonds is 6. The summed E-state index contributed by atoms with van der Waals surface area (Å²) < 4.78 is 26.8. The summed E-state index contributed by atoms with van der Waals surface area (Å²) in [5.41, 5.74) is 3.72. The zero-order chi connectivity index (χ0) is 20.1. The SMILES string of the molecule is O=C(NNc1ncnc(Nc2ccc(F)cc2F)c1[N+](=O)[O-])c1ccccn1. The van der Waals surface area contributed by atoms with E-state index in [-0.39, 0.29) is 23.0 Å². The van der Waals surface area contributed by atoms with Gasteiger partial charge in [0.25, 0.3) is 5.91 Å². The number of anilines is 3. The number of amides is 1. The highest BCUT2D eigenvalue weighted by molar-refractivity contribution is 5.93. The minimum atomic E-state index is -0.967. The summed E-state index contributed by atoms with van der Waals surface area (Å²) in [6.07, 6.45) is 2.37. The van der Waals surface area contributed by atoms with E-state index in [4.69, 9.17) is 0 Å². The second kappa shape index (κ2) is 7.99. The topological polar surface area (TPSA) is 135 Å². The van der Waals surface area contributed by atoms with Crippen LogP contribution in [0.2, 0.25) is 0 Å². The first kappa shape index (κ1) is 18.6. The molecule has 0 fully saturated rings. The Morgan fingerprint density at radius 3 is 2.54 bits per heavy atom. The van der Waals surface area contributed by atoms with Gasteiger partial charge in [-0.1, -0.05) is 6.07 Å². The fraction of sp³-hybridized carbons (Fsp3) is 0. The first-order valence-corrected chi connectivity index (χ1v) is 7.64. The first-order valence-electron chi connectivity index (χ1n) is 7.64. The summed E-state index contributed by atoms with van der Waals surface area (Å²) in [4.78, 5) is 33.9. The summed E-state index contributed by atoms with van der Waals surface area (Å²) in [5.74, 6) is -3.15. The van der Waals surface area contributed by atoms with Crippen molar-refractivity contribution in [1.82, 2.24) is 20.4 Å². The van der Waals surface area contributed by atoms with E-state index >= 15 is 0 Å². The van der Waals surface area contributed by atoms with Crippen molar-refractivity contribution in [2.75, 3.05) is 10.7 Å². The van der Waals surface area contributed by atoms with E-state index in [1.807, 2.05) is 0 Å². The minimum absolute atomic E-state index is 0.0680. The fourth-order valence-electron chi connectivity index (χ4n) is 2.13. The molecule has 3 aromatic rings. The van der Waals surface area contributed by atoms with Gasteiger partial charge in [0.05, 0.1) is 10.6 Å². The van der Waals surface area contributed by atoms with Crippen molar-refractivity contribution in [3.05, 3.63) is 76.4 Å². The van der Waals surface area contributed by atoms with Gasteiger partial charge in [-0.15, -0.1) is 0 Å². The molecule has 0 aliphatic rings. The van der Waals surface area contributed by atoms with Gasteiger partial charge in [0.1, 0.15) is 23.7 Å². The number of halogens is 2. The van der Waals surface area contributed by atoms with Crippen LogP contribution in [-0.2, 0) is 0 Å². The number of hydrogen-bond donors (Lipinski definition) is 3. The standard InChI is InChI=1S/C16H11F2N7O3/c17-9-4-5-11(10(18)7-9)22-14-13(25(27)28)15(21-8-20-14)23-24-16(26)12-3-1-2-6-19-12/h1-8H,(H,24,26)(H2,20,21,22,23). The van der Waals surface area contributed by atoms with E-state index in [0.29, 0.717) is 6.07 Å². The number of nitrogens with zero attached hydrogens (tertiary/aromatic N) is 4. The maximum Gasteiger partial charge on any atom is 0.355 e. The van der Waals surface area contributed by atoms with Crippen LogP contribution in [0.5, 0.6) is 0 Å². The molecule has 0 saturated heterocycles. The molecule has 1 amide bonds. The van der Waals surface area contributed by atoms with E-state index in [2.05, 4.69) is 31.1 Å². The van der Waals surface area contributed by atoms with E-state index in [1.54, 1.807) is 12.1 Å². The Balaban J connectivity index is 1.85. The molecule has 3 N–H and O–H groups in total. The predicted molar refractivity (Wildman–Crippen MR) is 93.7 cm³/mol. The fourth-order valence-corrected chi connectivity index (χ4v) is 2.13. The number of carbonyl (C=O) groups excluding carboxylic acids is 1. The van der Waals surface area contributed by atoms with Crippen molar-refractivity contribution in [3.8, 4) is 0 Å². The van der Waals surface area contributed by atoms with Crippen molar-refractivity contribution in [2.45, 2.75) is 0 Å². The Morgan fingerprint density at radius 1 is 1.07 bits per heavy atom. The van der Waals surface area contributed by atoms with Crippen LogP contribution in [0.25, 0.3) is 0 Å². The molecular formula is C16H11F2N7O3. The molecular weight excluding hydrogens is 376 g/mol. The zero-order valence-electron chi connectivity index (χ0n) is 13.9. The molecule has 0 radical (unpaired) electrons. The monoisotopic (exact) mass is 387 g/mol. The van der Waals surface area contributed by atoms with E-state index in [9.17, 15) is 23.7 Å². The lowest BCUT2D eigenvalue weighted by atomic mass is 10.3. The number of benzene rings is 1. The largest absolute Gasteiger partial charge is 0.355 e. The van der Waals surface area contributed by atoms with Gasteiger partial charge < -0.3 is 5.32 Å². The molecule has 28 heavy (non-hydrogen) atoms. The lowest BCUT2D eigenvalue weighted by Crippen LogP contribution is -2.31. The molecule has 0 spiro atoms. The lowest BCUT2D eigenvalue weighted by molar-refractivity contribution is -0.383. The van der Waals surface area contributed by atoms with Crippen LogP contribution in [-0.4, -0.2) is 25.8 Å². The number of nitro groups is 1. The molecule has 0 saturated carbocycles. The van der Waals surface area contributed by atoms with E-state index in [0.717, 1.165) is 18.5 Å². The normalized spacial score (nSPS) is 10.2. The van der Waals surface area contributed by atoms with Gasteiger partial charge >= 0.3 is 5.69 Å². The smallest absolute Gasteiger partial charge is 0.332 e. The van der Waals surface area contributed by atoms with Gasteiger partial charge in [0.15, 0.2) is 0 Å². The maximum atomic E-state index is 13.8. The van der Waals surface area contributed by atoms with Crippen molar-refractivity contribution in [3.63, 3.8) is 0 Å². The Kier molecular flexibility index (Phi) is 5.30. The van der Waals surface area contributed by atoms with Crippen molar-refractivity contribution in [2.24, 2.45) is 0 Å². The highest BCUT2D eigenvalue weighted by Crippen LogP contribution is 2.31. The molecule has 0 aliphatic carbocycles.